The van der Waals surface area contributed by atoms with Crippen molar-refractivity contribution in [3.8, 4) is 0 Å². The number of nitrogens with one attached hydrogen (secondary N) is 2. The number of amides is 1. The molecule has 0 aliphatic carbocycles. The molecule has 2 aromatic heterocycles. The normalized spacial score (nSPS) is 10.6. The van der Waals surface area contributed by atoms with E-state index in [0.29, 0.717) is 11.5 Å². The second kappa shape index (κ2) is 3.95. The molecule has 3 aromatic rings. The predicted octanol–water partition coefficient (Wildman–Crippen LogP) is 1.67. The number of hydrogen-bond donors (Lipinski definition) is 2. The van der Waals surface area contributed by atoms with Gasteiger partial charge >= 0.3 is 0 Å². The van der Waals surface area contributed by atoms with E-state index in [-0.39, 0.29) is 5.91 Å². The molecule has 0 bridgehead atoms. The number of para-hydroxylation sites is 1. The van der Waals surface area contributed by atoms with Crippen molar-refractivity contribution in [3.05, 3.63) is 36.2 Å². The van der Waals surface area contributed by atoms with Crippen LogP contribution in [-0.2, 0) is 0 Å². The summed E-state index contributed by atoms with van der Waals surface area (Å²) < 4.78 is 7.63. The van der Waals surface area contributed by atoms with E-state index in [1.165, 1.54) is 6.20 Å². The van der Waals surface area contributed by atoms with Crippen LogP contribution in [0.2, 0.25) is 0 Å². The molecular formula is C10H7N5OS. The Bertz CT molecular complexity index is 660. The third kappa shape index (κ3) is 1.76. The highest BCUT2D eigenvalue weighted by Crippen LogP contribution is 2.19. The van der Waals surface area contributed by atoms with Crippen molar-refractivity contribution >= 4 is 34.4 Å². The van der Waals surface area contributed by atoms with Gasteiger partial charge in [-0.3, -0.25) is 9.89 Å². The second-order valence-corrected chi connectivity index (χ2v) is 3.92. The topological polar surface area (TPSA) is 83.6 Å². The van der Waals surface area contributed by atoms with E-state index in [4.69, 9.17) is 0 Å². The lowest BCUT2D eigenvalue weighted by molar-refractivity contribution is 0.102. The zero-order valence-electron chi connectivity index (χ0n) is 8.54. The van der Waals surface area contributed by atoms with Gasteiger partial charge in [-0.15, -0.1) is 0 Å². The quantitative estimate of drug-likeness (QED) is 0.719. The van der Waals surface area contributed by atoms with Gasteiger partial charge in [0.1, 0.15) is 0 Å². The third-order valence-corrected chi connectivity index (χ3v) is 2.77. The molecule has 2 heterocycles. The molecule has 1 aromatic carbocycles. The maximum absolute atomic E-state index is 11.8. The Hall–Kier alpha value is -2.28. The number of anilines is 1. The van der Waals surface area contributed by atoms with E-state index < -0.39 is 0 Å². The minimum Gasteiger partial charge on any atom is -0.303 e. The Morgan fingerprint density at radius 2 is 2.24 bits per heavy atom. The third-order valence-electron chi connectivity index (χ3n) is 2.30. The van der Waals surface area contributed by atoms with Gasteiger partial charge in [0.15, 0.2) is 11.5 Å². The highest BCUT2D eigenvalue weighted by atomic mass is 32.1. The standard InChI is InChI=1S/C10H7N5OS/c16-10(8-5-11-17-15-8)12-9-6-3-1-2-4-7(6)13-14-9/h1-5H,(H2,12,13,14,16). The largest absolute Gasteiger partial charge is 0.303 e. The van der Waals surface area contributed by atoms with Gasteiger partial charge in [-0.05, 0) is 12.1 Å². The average molecular weight is 245 g/mol. The van der Waals surface area contributed by atoms with Gasteiger partial charge in [-0.1, -0.05) is 12.1 Å². The van der Waals surface area contributed by atoms with Crippen LogP contribution in [0.5, 0.6) is 0 Å². The summed E-state index contributed by atoms with van der Waals surface area (Å²) in [5, 5.41) is 10.4. The van der Waals surface area contributed by atoms with Crippen molar-refractivity contribution in [2.24, 2.45) is 0 Å². The van der Waals surface area contributed by atoms with Crippen molar-refractivity contribution in [3.63, 3.8) is 0 Å². The van der Waals surface area contributed by atoms with Crippen molar-refractivity contribution in [1.82, 2.24) is 18.9 Å². The molecule has 84 valence electrons. The minimum atomic E-state index is -0.309. The maximum atomic E-state index is 11.8. The summed E-state index contributed by atoms with van der Waals surface area (Å²) in [4.78, 5) is 11.8. The Kier molecular flexibility index (Phi) is 2.30. The maximum Gasteiger partial charge on any atom is 0.278 e. The highest BCUT2D eigenvalue weighted by Gasteiger charge is 2.12. The molecule has 0 aliphatic heterocycles. The molecule has 0 saturated carbocycles. The number of aromatic amines is 1. The minimum absolute atomic E-state index is 0.294. The van der Waals surface area contributed by atoms with Gasteiger partial charge in [0.25, 0.3) is 5.91 Å². The molecule has 17 heavy (non-hydrogen) atoms. The Labute approximate surface area is 100 Å². The second-order valence-electron chi connectivity index (χ2n) is 3.36. The first-order chi connectivity index (χ1) is 8.34. The Balaban J connectivity index is 1.93. The molecule has 6 nitrogen and oxygen atoms in total. The van der Waals surface area contributed by atoms with E-state index in [0.717, 1.165) is 22.6 Å². The number of H-pyrrole nitrogens is 1. The lowest BCUT2D eigenvalue weighted by Crippen LogP contribution is -2.12. The fraction of sp³-hybridized carbons (Fsp3) is 0. The number of carbonyl (C=O) groups is 1. The van der Waals surface area contributed by atoms with Crippen LogP contribution in [0.25, 0.3) is 10.9 Å². The van der Waals surface area contributed by atoms with Crippen LogP contribution in [-0.4, -0.2) is 24.9 Å². The van der Waals surface area contributed by atoms with Gasteiger partial charge < -0.3 is 5.32 Å². The molecule has 2 N–H and O–H groups in total. The van der Waals surface area contributed by atoms with Crippen LogP contribution >= 0.6 is 11.7 Å². The fourth-order valence-electron chi connectivity index (χ4n) is 1.50. The summed E-state index contributed by atoms with van der Waals surface area (Å²) in [6.45, 7) is 0. The summed E-state index contributed by atoms with van der Waals surface area (Å²) in [5.74, 6) is 0.189. The highest BCUT2D eigenvalue weighted by molar-refractivity contribution is 6.99. The van der Waals surface area contributed by atoms with Crippen LogP contribution < -0.4 is 5.32 Å². The first-order valence-electron chi connectivity index (χ1n) is 4.86. The van der Waals surface area contributed by atoms with Gasteiger partial charge in [0, 0.05) is 5.39 Å². The summed E-state index contributed by atoms with van der Waals surface area (Å²) in [7, 11) is 0. The fourth-order valence-corrected chi connectivity index (χ4v) is 1.91. The molecule has 0 aliphatic rings. The first-order valence-corrected chi connectivity index (χ1v) is 5.59. The summed E-state index contributed by atoms with van der Waals surface area (Å²) >= 11 is 0.995. The molecule has 1 amide bonds. The van der Waals surface area contributed by atoms with Gasteiger partial charge in [0.05, 0.1) is 23.4 Å². The average Bonchev–Trinajstić information content (AvgIpc) is 2.98. The van der Waals surface area contributed by atoms with Crippen molar-refractivity contribution in [2.75, 3.05) is 5.32 Å². The van der Waals surface area contributed by atoms with Crippen molar-refractivity contribution in [1.29, 1.82) is 0 Å². The summed E-state index contributed by atoms with van der Waals surface area (Å²) in [6.07, 6.45) is 1.43. The number of hydrogen-bond acceptors (Lipinski definition) is 5. The predicted molar refractivity (Wildman–Crippen MR) is 64.0 cm³/mol. The number of rotatable bonds is 2. The Morgan fingerprint density at radius 3 is 3.06 bits per heavy atom. The lowest BCUT2D eigenvalue weighted by Gasteiger charge is -1.98. The first kappa shape index (κ1) is 9.91. The molecule has 0 spiro atoms. The molecule has 0 saturated heterocycles. The number of benzene rings is 1. The number of nitrogens with zero attached hydrogens (tertiary/aromatic N) is 3. The van der Waals surface area contributed by atoms with Crippen LogP contribution in [0, 0.1) is 0 Å². The van der Waals surface area contributed by atoms with Crippen LogP contribution in [0.3, 0.4) is 0 Å². The zero-order chi connectivity index (χ0) is 11.7. The number of carbonyl (C=O) groups excluding carboxylic acids is 1. The number of aromatic nitrogens is 4. The lowest BCUT2D eigenvalue weighted by atomic mass is 10.2. The molecule has 0 unspecified atom stereocenters. The Morgan fingerprint density at radius 1 is 1.35 bits per heavy atom. The summed E-state index contributed by atoms with van der Waals surface area (Å²) in [5.41, 5.74) is 1.17. The smallest absolute Gasteiger partial charge is 0.278 e. The van der Waals surface area contributed by atoms with Crippen molar-refractivity contribution in [2.45, 2.75) is 0 Å². The van der Waals surface area contributed by atoms with E-state index in [9.17, 15) is 4.79 Å². The monoisotopic (exact) mass is 245 g/mol. The molecule has 0 radical (unpaired) electrons. The SMILES string of the molecule is O=C(Nc1n[nH]c2ccccc12)c1cnsn1. The van der Waals surface area contributed by atoms with E-state index in [2.05, 4.69) is 24.3 Å². The molecule has 7 heteroatoms. The van der Waals surface area contributed by atoms with Gasteiger partial charge in [-0.2, -0.15) is 13.8 Å². The van der Waals surface area contributed by atoms with E-state index >= 15 is 0 Å². The summed E-state index contributed by atoms with van der Waals surface area (Å²) in [6, 6.07) is 7.56. The van der Waals surface area contributed by atoms with Gasteiger partial charge in [0.2, 0.25) is 0 Å². The van der Waals surface area contributed by atoms with Gasteiger partial charge in [-0.25, -0.2) is 0 Å². The van der Waals surface area contributed by atoms with E-state index in [1.807, 2.05) is 24.3 Å². The molecule has 3 rings (SSSR count). The number of fused-ring (bicyclic) bond motifs is 1. The van der Waals surface area contributed by atoms with Crippen LogP contribution in [0.15, 0.2) is 30.5 Å². The molecule has 0 fully saturated rings. The zero-order valence-corrected chi connectivity index (χ0v) is 9.36. The van der Waals surface area contributed by atoms with Crippen molar-refractivity contribution < 1.29 is 4.79 Å². The molecular weight excluding hydrogens is 238 g/mol. The van der Waals surface area contributed by atoms with Crippen LogP contribution in [0.1, 0.15) is 10.5 Å². The van der Waals surface area contributed by atoms with E-state index in [1.54, 1.807) is 0 Å². The molecule has 0 atom stereocenters. The van der Waals surface area contributed by atoms with Crippen LogP contribution in [0.4, 0.5) is 5.82 Å².